The Balaban J connectivity index is 1.19. The first kappa shape index (κ1) is 34.9. The van der Waals surface area contributed by atoms with Gasteiger partial charge in [-0.3, -0.25) is 4.68 Å². The third-order valence-corrected chi connectivity index (χ3v) is 9.67. The van der Waals surface area contributed by atoms with Crippen LogP contribution >= 0.6 is 0 Å². The molecule has 3 heterocycles. The number of para-hydroxylation sites is 1. The molecule has 0 saturated carbocycles. The molecular formula is C42H44N4O6. The van der Waals surface area contributed by atoms with Gasteiger partial charge in [-0.2, -0.15) is 5.10 Å². The molecule has 4 aromatic carbocycles. The van der Waals surface area contributed by atoms with E-state index >= 15 is 0 Å². The maximum absolute atomic E-state index is 12.8. The van der Waals surface area contributed by atoms with Crippen molar-refractivity contribution >= 4 is 33.3 Å². The monoisotopic (exact) mass is 700 g/mol. The van der Waals surface area contributed by atoms with Crippen LogP contribution in [0.3, 0.4) is 0 Å². The van der Waals surface area contributed by atoms with E-state index < -0.39 is 5.97 Å². The molecule has 1 saturated heterocycles. The van der Waals surface area contributed by atoms with Crippen molar-refractivity contribution in [2.45, 2.75) is 26.1 Å². The summed E-state index contributed by atoms with van der Waals surface area (Å²) in [4.78, 5) is 15.1. The first-order valence-electron chi connectivity index (χ1n) is 17.7. The van der Waals surface area contributed by atoms with E-state index in [0.29, 0.717) is 32.7 Å². The van der Waals surface area contributed by atoms with Crippen LogP contribution in [-0.2, 0) is 43.2 Å². The lowest BCUT2D eigenvalue weighted by Crippen LogP contribution is -2.36. The molecule has 1 aliphatic rings. The van der Waals surface area contributed by atoms with Crippen molar-refractivity contribution in [3.63, 3.8) is 0 Å². The molecule has 0 atom stereocenters. The highest BCUT2D eigenvalue weighted by atomic mass is 16.5. The molecule has 7 rings (SSSR count). The lowest BCUT2D eigenvalue weighted by atomic mass is 9.98. The fourth-order valence-electron chi connectivity index (χ4n) is 7.23. The van der Waals surface area contributed by atoms with Gasteiger partial charge in [0.1, 0.15) is 29.5 Å². The minimum atomic E-state index is -0.973. The van der Waals surface area contributed by atoms with Crippen LogP contribution < -0.4 is 14.4 Å². The van der Waals surface area contributed by atoms with E-state index in [4.69, 9.17) is 24.0 Å². The maximum Gasteiger partial charge on any atom is 0.352 e. The van der Waals surface area contributed by atoms with Crippen LogP contribution in [0.4, 0.5) is 5.69 Å². The summed E-state index contributed by atoms with van der Waals surface area (Å²) >= 11 is 0. The number of carboxylic acid groups (broad SMARTS) is 1. The zero-order chi connectivity index (χ0) is 36.0. The van der Waals surface area contributed by atoms with Crippen molar-refractivity contribution < 1.29 is 28.8 Å². The zero-order valence-corrected chi connectivity index (χ0v) is 29.7. The number of hydrogen-bond donors (Lipinski definition) is 1. The summed E-state index contributed by atoms with van der Waals surface area (Å²) in [6.45, 7) is 8.32. The van der Waals surface area contributed by atoms with Crippen molar-refractivity contribution in [1.29, 1.82) is 0 Å². The van der Waals surface area contributed by atoms with Crippen LogP contribution in [-0.4, -0.2) is 64.9 Å². The first-order chi connectivity index (χ1) is 25.4. The van der Waals surface area contributed by atoms with Crippen LogP contribution in [0, 0.1) is 0 Å². The SMILES string of the molecule is C=CCOCc1c(-c2cccc3c(CCCOc4cccc5ccccc45)c(C(=O)O)n(C)c23)c(COc2ccc(N3CCOCC3)cc2)nn1C. The van der Waals surface area contributed by atoms with E-state index in [9.17, 15) is 9.90 Å². The number of rotatable bonds is 15. The zero-order valence-electron chi connectivity index (χ0n) is 29.7. The number of hydrogen-bond acceptors (Lipinski definition) is 7. The Labute approximate surface area is 303 Å². The second-order valence-corrected chi connectivity index (χ2v) is 12.9. The largest absolute Gasteiger partial charge is 0.493 e. The van der Waals surface area contributed by atoms with E-state index in [0.717, 1.165) is 93.2 Å². The number of benzene rings is 4. The molecule has 1 N–H and O–H groups in total. The molecule has 10 nitrogen and oxygen atoms in total. The van der Waals surface area contributed by atoms with Gasteiger partial charge in [0.15, 0.2) is 0 Å². The Hall–Kier alpha value is -5.58. The van der Waals surface area contributed by atoms with Crippen molar-refractivity contribution in [2.75, 3.05) is 44.4 Å². The molecule has 0 bridgehead atoms. The van der Waals surface area contributed by atoms with Gasteiger partial charge >= 0.3 is 5.97 Å². The molecule has 52 heavy (non-hydrogen) atoms. The predicted molar refractivity (Wildman–Crippen MR) is 204 cm³/mol. The van der Waals surface area contributed by atoms with Crippen molar-refractivity contribution in [2.24, 2.45) is 14.1 Å². The van der Waals surface area contributed by atoms with E-state index in [2.05, 4.69) is 41.8 Å². The van der Waals surface area contributed by atoms with Gasteiger partial charge in [-0.1, -0.05) is 60.7 Å². The summed E-state index contributed by atoms with van der Waals surface area (Å²) in [7, 11) is 3.72. The molecule has 0 amide bonds. The number of aryl methyl sites for hydroxylation is 3. The first-order valence-corrected chi connectivity index (χ1v) is 17.7. The quantitative estimate of drug-likeness (QED) is 0.0866. The Morgan fingerprint density at radius 2 is 1.67 bits per heavy atom. The second-order valence-electron chi connectivity index (χ2n) is 12.9. The highest BCUT2D eigenvalue weighted by Crippen LogP contribution is 2.38. The lowest BCUT2D eigenvalue weighted by molar-refractivity contribution is 0.0685. The number of anilines is 1. The third kappa shape index (κ3) is 7.12. The molecule has 0 radical (unpaired) electrons. The minimum Gasteiger partial charge on any atom is -0.493 e. The Morgan fingerprint density at radius 1 is 0.923 bits per heavy atom. The summed E-state index contributed by atoms with van der Waals surface area (Å²) in [5.74, 6) is 0.582. The van der Waals surface area contributed by atoms with Crippen molar-refractivity contribution in [3.8, 4) is 22.6 Å². The predicted octanol–water partition coefficient (Wildman–Crippen LogP) is 7.56. The highest BCUT2D eigenvalue weighted by Gasteiger charge is 2.26. The molecule has 2 aromatic heterocycles. The fraction of sp³-hybridized carbons (Fsp3) is 0.286. The van der Waals surface area contributed by atoms with Crippen LogP contribution in [0.1, 0.15) is 33.9 Å². The van der Waals surface area contributed by atoms with E-state index in [-0.39, 0.29) is 12.3 Å². The summed E-state index contributed by atoms with van der Waals surface area (Å²) in [5.41, 5.74) is 6.32. The molecule has 268 valence electrons. The van der Waals surface area contributed by atoms with Gasteiger partial charge in [-0.25, -0.2) is 4.79 Å². The molecule has 0 spiro atoms. The molecule has 1 aliphatic heterocycles. The molecule has 0 unspecified atom stereocenters. The molecule has 6 aromatic rings. The smallest absolute Gasteiger partial charge is 0.352 e. The summed E-state index contributed by atoms with van der Waals surface area (Å²) in [6, 6.07) is 28.3. The van der Waals surface area contributed by atoms with Crippen LogP contribution in [0.2, 0.25) is 0 Å². The number of nitrogens with zero attached hydrogens (tertiary/aromatic N) is 4. The van der Waals surface area contributed by atoms with E-state index in [1.807, 2.05) is 73.4 Å². The summed E-state index contributed by atoms with van der Waals surface area (Å²) in [6.07, 6.45) is 2.89. The Kier molecular flexibility index (Phi) is 10.6. The van der Waals surface area contributed by atoms with Gasteiger partial charge in [0.25, 0.3) is 0 Å². The standard InChI is InChI=1S/C42H44N4O6/c1-4-23-50-28-37-39(36(43-45(37)3)27-52-31-19-17-30(18-20-31)46-21-25-49-26-22-46)35-14-8-13-33-34(41(42(47)48)44(2)40(33)35)15-9-24-51-38-16-7-11-29-10-5-6-12-32(29)38/h4-8,10-14,16-20H,1,9,15,21-28H2,2-3H3,(H,47,48). The average molecular weight is 701 g/mol. The minimum absolute atomic E-state index is 0.215. The summed E-state index contributed by atoms with van der Waals surface area (Å²) in [5, 5.41) is 18.5. The number of ether oxygens (including phenoxy) is 4. The number of carboxylic acids is 1. The van der Waals surface area contributed by atoms with Gasteiger partial charge in [0.2, 0.25) is 0 Å². The number of fused-ring (bicyclic) bond motifs is 2. The van der Waals surface area contributed by atoms with Gasteiger partial charge in [-0.05, 0) is 54.1 Å². The van der Waals surface area contributed by atoms with Crippen molar-refractivity contribution in [3.05, 3.63) is 120 Å². The second kappa shape index (κ2) is 15.8. The average Bonchev–Trinajstić information content (AvgIpc) is 3.65. The number of carbonyl (C=O) groups is 1. The van der Waals surface area contributed by atoms with Gasteiger partial charge in [-0.15, -0.1) is 6.58 Å². The van der Waals surface area contributed by atoms with Gasteiger partial charge < -0.3 is 33.5 Å². The van der Waals surface area contributed by atoms with E-state index in [1.54, 1.807) is 10.6 Å². The third-order valence-electron chi connectivity index (χ3n) is 9.67. The lowest BCUT2D eigenvalue weighted by Gasteiger charge is -2.28. The maximum atomic E-state index is 12.8. The fourth-order valence-corrected chi connectivity index (χ4v) is 7.23. The Bertz CT molecular complexity index is 2190. The van der Waals surface area contributed by atoms with Crippen LogP contribution in [0.5, 0.6) is 11.5 Å². The molecule has 10 heteroatoms. The van der Waals surface area contributed by atoms with E-state index in [1.165, 1.54) is 0 Å². The van der Waals surface area contributed by atoms with Crippen LogP contribution in [0.25, 0.3) is 32.8 Å². The number of morpholine rings is 1. The normalized spacial score (nSPS) is 13.2. The summed E-state index contributed by atoms with van der Waals surface area (Å²) < 4.78 is 27.6. The highest BCUT2D eigenvalue weighted by molar-refractivity contribution is 6.04. The van der Waals surface area contributed by atoms with Crippen molar-refractivity contribution in [1.82, 2.24) is 14.3 Å². The Morgan fingerprint density at radius 3 is 2.46 bits per heavy atom. The number of aromatic nitrogens is 3. The van der Waals surface area contributed by atoms with Crippen LogP contribution in [0.15, 0.2) is 97.6 Å². The van der Waals surface area contributed by atoms with Gasteiger partial charge in [0, 0.05) is 54.8 Å². The molecule has 0 aliphatic carbocycles. The topological polar surface area (TPSA) is 100 Å². The molecule has 1 fully saturated rings. The molecular weight excluding hydrogens is 656 g/mol. The number of aromatic carboxylic acids is 1. The van der Waals surface area contributed by atoms with Gasteiger partial charge in [0.05, 0.1) is 44.2 Å².